The summed E-state index contributed by atoms with van der Waals surface area (Å²) in [5, 5.41) is 7.54. The molecule has 0 radical (unpaired) electrons. The summed E-state index contributed by atoms with van der Waals surface area (Å²) in [6.07, 6.45) is 5.24. The van der Waals surface area contributed by atoms with Crippen molar-refractivity contribution in [3.05, 3.63) is 40.5 Å². The van der Waals surface area contributed by atoms with Gasteiger partial charge in [-0.1, -0.05) is 43.0 Å². The summed E-state index contributed by atoms with van der Waals surface area (Å²) in [6.45, 7) is 3.09. The van der Waals surface area contributed by atoms with E-state index in [1.54, 1.807) is 24.4 Å². The molecule has 0 aliphatic rings. The molecule has 4 nitrogen and oxygen atoms in total. The highest BCUT2D eigenvalue weighted by molar-refractivity contribution is 6.35. The van der Waals surface area contributed by atoms with Gasteiger partial charge in [0.2, 0.25) is 5.95 Å². The Kier molecular flexibility index (Phi) is 6.08. The normalized spacial score (nSPS) is 10.4. The van der Waals surface area contributed by atoms with Gasteiger partial charge in [0.25, 0.3) is 0 Å². The molecule has 2 N–H and O–H groups in total. The van der Waals surface area contributed by atoms with Crippen molar-refractivity contribution in [1.82, 2.24) is 9.97 Å². The molecule has 1 aromatic heterocycles. The number of anilines is 3. The van der Waals surface area contributed by atoms with Crippen molar-refractivity contribution in [2.75, 3.05) is 17.2 Å². The minimum atomic E-state index is 0.486. The van der Waals surface area contributed by atoms with Crippen LogP contribution in [0.15, 0.2) is 30.5 Å². The predicted octanol–water partition coefficient (Wildman–Crippen LogP) is 5.13. The van der Waals surface area contributed by atoms with Crippen molar-refractivity contribution in [3.63, 3.8) is 0 Å². The topological polar surface area (TPSA) is 49.8 Å². The van der Waals surface area contributed by atoms with Crippen LogP contribution < -0.4 is 10.6 Å². The van der Waals surface area contributed by atoms with E-state index in [0.717, 1.165) is 18.8 Å². The fourth-order valence-electron chi connectivity index (χ4n) is 1.82. The van der Waals surface area contributed by atoms with Gasteiger partial charge in [-0.15, -0.1) is 0 Å². The number of benzene rings is 1. The molecule has 0 saturated heterocycles. The van der Waals surface area contributed by atoms with E-state index in [2.05, 4.69) is 27.5 Å². The fourth-order valence-corrected chi connectivity index (χ4v) is 2.16. The molecule has 2 rings (SSSR count). The Hall–Kier alpha value is -1.52. The zero-order chi connectivity index (χ0) is 15.1. The largest absolute Gasteiger partial charge is 0.370 e. The summed E-state index contributed by atoms with van der Waals surface area (Å²) in [5.41, 5.74) is 0.687. The number of unbranched alkanes of at least 4 members (excludes halogenated alkanes) is 2. The molecule has 21 heavy (non-hydrogen) atoms. The number of nitrogens with zero attached hydrogens (tertiary/aromatic N) is 2. The van der Waals surface area contributed by atoms with Crippen molar-refractivity contribution in [3.8, 4) is 0 Å². The Morgan fingerprint density at radius 3 is 2.81 bits per heavy atom. The lowest BCUT2D eigenvalue weighted by Crippen LogP contribution is -2.05. The summed E-state index contributed by atoms with van der Waals surface area (Å²) >= 11 is 12.1. The van der Waals surface area contributed by atoms with Crippen LogP contribution >= 0.6 is 23.2 Å². The average Bonchev–Trinajstić information content (AvgIpc) is 2.48. The van der Waals surface area contributed by atoms with Crippen LogP contribution in [-0.4, -0.2) is 16.5 Å². The zero-order valence-corrected chi connectivity index (χ0v) is 13.4. The molecular weight excluding hydrogens is 307 g/mol. The van der Waals surface area contributed by atoms with E-state index in [0.29, 0.717) is 21.7 Å². The van der Waals surface area contributed by atoms with Crippen molar-refractivity contribution >= 4 is 40.7 Å². The molecular formula is C15H18Cl2N4. The molecule has 1 heterocycles. The van der Waals surface area contributed by atoms with E-state index in [1.807, 2.05) is 6.07 Å². The van der Waals surface area contributed by atoms with Crippen LogP contribution in [0.3, 0.4) is 0 Å². The first kappa shape index (κ1) is 15.9. The first-order valence-electron chi connectivity index (χ1n) is 6.98. The molecule has 2 aromatic rings. The van der Waals surface area contributed by atoms with Crippen molar-refractivity contribution in [1.29, 1.82) is 0 Å². The number of hydrogen-bond acceptors (Lipinski definition) is 4. The highest BCUT2D eigenvalue weighted by Crippen LogP contribution is 2.27. The second kappa shape index (κ2) is 8.05. The number of nitrogens with one attached hydrogen (secondary N) is 2. The lowest BCUT2D eigenvalue weighted by molar-refractivity contribution is 0.742. The van der Waals surface area contributed by atoms with Gasteiger partial charge in [-0.05, 0) is 30.7 Å². The van der Waals surface area contributed by atoms with Crippen LogP contribution in [-0.2, 0) is 0 Å². The van der Waals surface area contributed by atoms with Crippen LogP contribution in [0.5, 0.6) is 0 Å². The molecule has 0 amide bonds. The molecule has 0 spiro atoms. The molecule has 6 heteroatoms. The van der Waals surface area contributed by atoms with Crippen molar-refractivity contribution in [2.45, 2.75) is 26.2 Å². The van der Waals surface area contributed by atoms with Crippen LogP contribution in [0.4, 0.5) is 17.5 Å². The first-order valence-corrected chi connectivity index (χ1v) is 7.73. The summed E-state index contributed by atoms with van der Waals surface area (Å²) < 4.78 is 0. The Balaban J connectivity index is 2.02. The van der Waals surface area contributed by atoms with Gasteiger partial charge in [-0.3, -0.25) is 0 Å². The second-order valence-corrected chi connectivity index (χ2v) is 5.49. The standard InChI is InChI=1S/C15H18Cl2N4/c1-2-3-4-8-18-14-7-9-19-15(21-14)20-13-10-11(16)5-6-12(13)17/h5-7,9-10H,2-4,8H2,1H3,(H2,18,19,20,21). The Labute approximate surface area is 134 Å². The second-order valence-electron chi connectivity index (χ2n) is 4.65. The highest BCUT2D eigenvalue weighted by Gasteiger charge is 2.04. The monoisotopic (exact) mass is 324 g/mol. The van der Waals surface area contributed by atoms with Gasteiger partial charge < -0.3 is 10.6 Å². The van der Waals surface area contributed by atoms with Gasteiger partial charge in [0.1, 0.15) is 5.82 Å². The van der Waals surface area contributed by atoms with Gasteiger partial charge in [0, 0.05) is 17.8 Å². The third kappa shape index (κ3) is 5.06. The number of rotatable bonds is 7. The third-order valence-electron chi connectivity index (χ3n) is 2.92. The Morgan fingerprint density at radius 1 is 1.14 bits per heavy atom. The minimum absolute atomic E-state index is 0.486. The molecule has 112 valence electrons. The van der Waals surface area contributed by atoms with E-state index >= 15 is 0 Å². The van der Waals surface area contributed by atoms with Gasteiger partial charge in [-0.25, -0.2) is 4.98 Å². The molecule has 0 fully saturated rings. The van der Waals surface area contributed by atoms with Crippen LogP contribution in [0.2, 0.25) is 10.0 Å². The number of hydrogen-bond donors (Lipinski definition) is 2. The molecule has 0 unspecified atom stereocenters. The van der Waals surface area contributed by atoms with E-state index in [-0.39, 0.29) is 0 Å². The third-order valence-corrected chi connectivity index (χ3v) is 3.48. The number of halogens is 2. The quantitative estimate of drug-likeness (QED) is 0.693. The highest BCUT2D eigenvalue weighted by atomic mass is 35.5. The maximum absolute atomic E-state index is 6.11. The lowest BCUT2D eigenvalue weighted by Gasteiger charge is -2.09. The maximum Gasteiger partial charge on any atom is 0.229 e. The van der Waals surface area contributed by atoms with Crippen LogP contribution in [0.25, 0.3) is 0 Å². The number of aromatic nitrogens is 2. The predicted molar refractivity (Wildman–Crippen MR) is 89.8 cm³/mol. The van der Waals surface area contributed by atoms with Gasteiger partial charge in [-0.2, -0.15) is 4.98 Å². The SMILES string of the molecule is CCCCCNc1ccnc(Nc2cc(Cl)ccc2Cl)n1. The van der Waals surface area contributed by atoms with Crippen LogP contribution in [0.1, 0.15) is 26.2 Å². The van der Waals surface area contributed by atoms with Crippen molar-refractivity contribution < 1.29 is 0 Å². The molecule has 0 atom stereocenters. The summed E-state index contributed by atoms with van der Waals surface area (Å²) in [7, 11) is 0. The Bertz CT molecular complexity index is 590. The molecule has 0 aliphatic carbocycles. The summed E-state index contributed by atoms with van der Waals surface area (Å²) in [6, 6.07) is 7.06. The van der Waals surface area contributed by atoms with Crippen LogP contribution in [0, 0.1) is 0 Å². The summed E-state index contributed by atoms with van der Waals surface area (Å²) in [4.78, 5) is 8.59. The summed E-state index contributed by atoms with van der Waals surface area (Å²) in [5.74, 6) is 1.28. The first-order chi connectivity index (χ1) is 10.2. The fraction of sp³-hybridized carbons (Fsp3) is 0.333. The maximum atomic E-state index is 6.11. The molecule has 0 aliphatic heterocycles. The van der Waals surface area contributed by atoms with E-state index < -0.39 is 0 Å². The smallest absolute Gasteiger partial charge is 0.229 e. The van der Waals surface area contributed by atoms with E-state index in [1.165, 1.54) is 12.8 Å². The zero-order valence-electron chi connectivity index (χ0n) is 11.9. The Morgan fingerprint density at radius 2 is 2.00 bits per heavy atom. The molecule has 0 bridgehead atoms. The molecule has 1 aromatic carbocycles. The van der Waals surface area contributed by atoms with Gasteiger partial charge in [0.05, 0.1) is 10.7 Å². The minimum Gasteiger partial charge on any atom is -0.370 e. The average molecular weight is 325 g/mol. The van der Waals surface area contributed by atoms with E-state index in [4.69, 9.17) is 23.2 Å². The van der Waals surface area contributed by atoms with Crippen molar-refractivity contribution in [2.24, 2.45) is 0 Å². The van der Waals surface area contributed by atoms with E-state index in [9.17, 15) is 0 Å². The van der Waals surface area contributed by atoms with Gasteiger partial charge in [0.15, 0.2) is 0 Å². The molecule has 0 saturated carbocycles. The lowest BCUT2D eigenvalue weighted by atomic mass is 10.2. The van der Waals surface area contributed by atoms with Gasteiger partial charge >= 0.3 is 0 Å².